The molecule has 0 saturated heterocycles. The number of fused-ring (bicyclic) bond motifs is 1. The van der Waals surface area contributed by atoms with Gasteiger partial charge in [-0.3, -0.25) is 4.79 Å². The van der Waals surface area contributed by atoms with E-state index in [1.54, 1.807) is 12.1 Å². The third kappa shape index (κ3) is 2.55. The van der Waals surface area contributed by atoms with Crippen LogP contribution in [0.3, 0.4) is 0 Å². The lowest BCUT2D eigenvalue weighted by Crippen LogP contribution is -2.55. The fourth-order valence-corrected chi connectivity index (χ4v) is 6.80. The summed E-state index contributed by atoms with van der Waals surface area (Å²) in [5.74, 6) is 2.86. The zero-order chi connectivity index (χ0) is 18.8. The summed E-state index contributed by atoms with van der Waals surface area (Å²) in [4.78, 5) is 13.2. The number of nitrogens with one attached hydrogen (secondary N) is 1. The van der Waals surface area contributed by atoms with Gasteiger partial charge in [-0.2, -0.15) is 5.10 Å². The average molecular weight is 379 g/mol. The monoisotopic (exact) mass is 379 g/mol. The van der Waals surface area contributed by atoms with E-state index in [9.17, 15) is 9.18 Å². The van der Waals surface area contributed by atoms with Crippen molar-refractivity contribution in [1.82, 2.24) is 15.1 Å². The predicted molar refractivity (Wildman–Crippen MR) is 104 cm³/mol. The largest absolute Gasteiger partial charge is 0.347 e. The number of aromatic nitrogens is 2. The van der Waals surface area contributed by atoms with Crippen molar-refractivity contribution in [3.05, 3.63) is 47.0 Å². The molecule has 5 aliphatic rings. The van der Waals surface area contributed by atoms with Crippen molar-refractivity contribution in [1.29, 1.82) is 0 Å². The van der Waals surface area contributed by atoms with Gasteiger partial charge in [0.25, 0.3) is 5.91 Å². The molecule has 1 aromatic heterocycles. The molecule has 4 saturated carbocycles. The number of rotatable bonds is 3. The molecule has 4 nitrogen and oxygen atoms in total. The van der Waals surface area contributed by atoms with E-state index in [0.29, 0.717) is 23.6 Å². The standard InChI is InChI=1S/C23H26FN3O/c24-17-4-6-18(7-5-17)27-20-3-1-2-19(20)22(26-27)23(28)25-21-15-9-13-8-14(11-15)12-16(21)10-13/h4-7,13-16,21H,1-3,8-12H2,(H,25,28). The van der Waals surface area contributed by atoms with E-state index in [1.807, 2.05) is 4.68 Å². The van der Waals surface area contributed by atoms with Gasteiger partial charge in [-0.1, -0.05) is 0 Å². The molecule has 7 rings (SSSR count). The summed E-state index contributed by atoms with van der Waals surface area (Å²) < 4.78 is 15.2. The summed E-state index contributed by atoms with van der Waals surface area (Å²) in [5, 5.41) is 8.10. The van der Waals surface area contributed by atoms with Crippen molar-refractivity contribution < 1.29 is 9.18 Å². The molecule has 4 bridgehead atoms. The van der Waals surface area contributed by atoms with Crippen LogP contribution in [0.1, 0.15) is 60.3 Å². The lowest BCUT2D eigenvalue weighted by atomic mass is 9.54. The Balaban J connectivity index is 1.29. The smallest absolute Gasteiger partial charge is 0.272 e. The van der Waals surface area contributed by atoms with Crippen LogP contribution in [0, 0.1) is 29.5 Å². The summed E-state index contributed by atoms with van der Waals surface area (Å²) in [5.41, 5.74) is 3.62. The number of benzene rings is 1. The van der Waals surface area contributed by atoms with Gasteiger partial charge in [0, 0.05) is 17.3 Å². The van der Waals surface area contributed by atoms with Crippen molar-refractivity contribution >= 4 is 5.91 Å². The highest BCUT2D eigenvalue weighted by molar-refractivity contribution is 5.94. The maximum atomic E-state index is 13.3. The van der Waals surface area contributed by atoms with Gasteiger partial charge in [-0.25, -0.2) is 9.07 Å². The molecule has 5 aliphatic carbocycles. The van der Waals surface area contributed by atoms with E-state index in [1.165, 1.54) is 44.2 Å². The first-order chi connectivity index (χ1) is 13.7. The Morgan fingerprint density at radius 1 is 1.00 bits per heavy atom. The van der Waals surface area contributed by atoms with Crippen molar-refractivity contribution in [3.63, 3.8) is 0 Å². The third-order valence-electron chi connectivity index (χ3n) is 7.74. The van der Waals surface area contributed by atoms with E-state index < -0.39 is 0 Å². The van der Waals surface area contributed by atoms with Crippen LogP contribution in [-0.4, -0.2) is 21.7 Å². The van der Waals surface area contributed by atoms with E-state index in [2.05, 4.69) is 5.32 Å². The van der Waals surface area contributed by atoms with Gasteiger partial charge in [-0.05, 0) is 99.3 Å². The zero-order valence-electron chi connectivity index (χ0n) is 16.0. The molecule has 146 valence electrons. The van der Waals surface area contributed by atoms with Gasteiger partial charge in [0.1, 0.15) is 5.82 Å². The van der Waals surface area contributed by atoms with E-state index >= 15 is 0 Å². The second-order valence-corrected chi connectivity index (χ2v) is 9.45. The van der Waals surface area contributed by atoms with Crippen LogP contribution >= 0.6 is 0 Å². The van der Waals surface area contributed by atoms with Crippen LogP contribution in [0.5, 0.6) is 0 Å². The first-order valence-electron chi connectivity index (χ1n) is 10.8. The van der Waals surface area contributed by atoms with Gasteiger partial charge in [0.05, 0.1) is 5.69 Å². The van der Waals surface area contributed by atoms with E-state index in [0.717, 1.165) is 48.0 Å². The number of halogens is 1. The Morgan fingerprint density at radius 2 is 1.68 bits per heavy atom. The van der Waals surface area contributed by atoms with Gasteiger partial charge in [0.15, 0.2) is 5.69 Å². The molecule has 5 heteroatoms. The maximum absolute atomic E-state index is 13.3. The highest BCUT2D eigenvalue weighted by Gasteiger charge is 2.48. The molecule has 0 unspecified atom stereocenters. The topological polar surface area (TPSA) is 46.9 Å². The maximum Gasteiger partial charge on any atom is 0.272 e. The molecule has 0 atom stereocenters. The van der Waals surface area contributed by atoms with Crippen molar-refractivity contribution in [2.75, 3.05) is 0 Å². The summed E-state index contributed by atoms with van der Waals surface area (Å²) >= 11 is 0. The lowest BCUT2D eigenvalue weighted by molar-refractivity contribution is -0.0120. The minimum absolute atomic E-state index is 0.00325. The second kappa shape index (κ2) is 6.16. The van der Waals surface area contributed by atoms with Crippen molar-refractivity contribution in [3.8, 4) is 5.69 Å². The van der Waals surface area contributed by atoms with Crippen LogP contribution in [0.25, 0.3) is 5.69 Å². The Labute approximate surface area is 164 Å². The fraction of sp³-hybridized carbons (Fsp3) is 0.565. The number of carbonyl (C=O) groups is 1. The predicted octanol–water partition coefficient (Wildman–Crippen LogP) is 4.05. The SMILES string of the molecule is O=C(NC1C2CC3CC(C2)CC1C3)c1nn(-c2ccc(F)cc2)c2c1CCC2. The highest BCUT2D eigenvalue weighted by Crippen LogP contribution is 2.53. The Hall–Kier alpha value is -2.17. The van der Waals surface area contributed by atoms with Crippen molar-refractivity contribution in [2.24, 2.45) is 23.7 Å². The summed E-state index contributed by atoms with van der Waals surface area (Å²) in [6, 6.07) is 6.70. The number of hydrogen-bond donors (Lipinski definition) is 1. The lowest BCUT2D eigenvalue weighted by Gasteiger charge is -2.54. The minimum Gasteiger partial charge on any atom is -0.347 e. The average Bonchev–Trinajstić information content (AvgIpc) is 3.27. The number of amides is 1. The quantitative estimate of drug-likeness (QED) is 0.874. The van der Waals surface area contributed by atoms with Crippen LogP contribution in [-0.2, 0) is 12.8 Å². The van der Waals surface area contributed by atoms with Crippen molar-refractivity contribution in [2.45, 2.75) is 57.4 Å². The fourth-order valence-electron chi connectivity index (χ4n) is 6.80. The van der Waals surface area contributed by atoms with Gasteiger partial charge < -0.3 is 5.32 Å². The normalized spacial score (nSPS) is 32.5. The molecule has 1 heterocycles. The van der Waals surface area contributed by atoms with Gasteiger partial charge >= 0.3 is 0 Å². The second-order valence-electron chi connectivity index (χ2n) is 9.45. The molecule has 1 aromatic carbocycles. The molecule has 1 amide bonds. The molecular weight excluding hydrogens is 353 g/mol. The van der Waals surface area contributed by atoms with E-state index in [-0.39, 0.29) is 11.7 Å². The van der Waals surface area contributed by atoms with Crippen LogP contribution < -0.4 is 5.32 Å². The Morgan fingerprint density at radius 3 is 2.36 bits per heavy atom. The van der Waals surface area contributed by atoms with Gasteiger partial charge in [-0.15, -0.1) is 0 Å². The highest BCUT2D eigenvalue weighted by atomic mass is 19.1. The van der Waals surface area contributed by atoms with Crippen LogP contribution in [0.2, 0.25) is 0 Å². The third-order valence-corrected chi connectivity index (χ3v) is 7.74. The molecule has 28 heavy (non-hydrogen) atoms. The first kappa shape index (κ1) is 16.8. The first-order valence-corrected chi connectivity index (χ1v) is 10.8. The van der Waals surface area contributed by atoms with Crippen LogP contribution in [0.15, 0.2) is 24.3 Å². The van der Waals surface area contributed by atoms with E-state index in [4.69, 9.17) is 5.10 Å². The summed E-state index contributed by atoms with van der Waals surface area (Å²) in [7, 11) is 0. The molecule has 1 N–H and O–H groups in total. The molecular formula is C23H26FN3O. The molecule has 2 aromatic rings. The molecule has 0 spiro atoms. The van der Waals surface area contributed by atoms with Crippen LogP contribution in [0.4, 0.5) is 4.39 Å². The molecule has 0 aliphatic heterocycles. The Kier molecular flexibility index (Phi) is 3.69. The number of carbonyl (C=O) groups excluding carboxylic acids is 1. The minimum atomic E-state index is -0.257. The van der Waals surface area contributed by atoms with Gasteiger partial charge in [0.2, 0.25) is 0 Å². The number of nitrogens with zero attached hydrogens (tertiary/aromatic N) is 2. The Bertz CT molecular complexity index is 904. The molecule has 4 fully saturated rings. The molecule has 0 radical (unpaired) electrons. The summed E-state index contributed by atoms with van der Waals surface area (Å²) in [6.45, 7) is 0. The summed E-state index contributed by atoms with van der Waals surface area (Å²) in [6.07, 6.45) is 9.46. The number of hydrogen-bond acceptors (Lipinski definition) is 2. The zero-order valence-corrected chi connectivity index (χ0v) is 16.0.